The van der Waals surface area contributed by atoms with Gasteiger partial charge < -0.3 is 11.1 Å². The number of nitrogens with zero attached hydrogens (tertiary/aromatic N) is 1. The van der Waals surface area contributed by atoms with E-state index in [0.717, 1.165) is 5.69 Å². The Balaban J connectivity index is 1.75. The summed E-state index contributed by atoms with van der Waals surface area (Å²) in [6, 6.07) is 9.73. The van der Waals surface area contributed by atoms with E-state index in [2.05, 4.69) is 14.7 Å². The van der Waals surface area contributed by atoms with Crippen LogP contribution in [0, 0.1) is 5.92 Å². The van der Waals surface area contributed by atoms with Crippen LogP contribution in [-0.2, 0) is 0 Å². The van der Waals surface area contributed by atoms with Gasteiger partial charge in [0, 0.05) is 12.2 Å². The summed E-state index contributed by atoms with van der Waals surface area (Å²) in [7, 11) is 0. The molecule has 0 amide bonds. The Labute approximate surface area is 139 Å². The molecular weight excluding hydrogens is 308 g/mol. The molecule has 0 spiro atoms. The van der Waals surface area contributed by atoms with Gasteiger partial charge in [0.15, 0.2) is 0 Å². The Hall–Kier alpha value is -2.08. The molecule has 1 aliphatic carbocycles. The number of nitrogens with one attached hydrogen (secondary N) is 2. The van der Waals surface area contributed by atoms with Crippen LogP contribution >= 0.6 is 11.5 Å². The number of rotatable bonds is 5. The van der Waals surface area contributed by atoms with Crippen LogP contribution in [-0.4, -0.2) is 16.8 Å². The number of amidine groups is 1. The SMILES string of the molecule is NC(=NCC1CCCCC1)c1c(Nc2ccccc2)s[nH]c1=O. The van der Waals surface area contributed by atoms with Crippen molar-refractivity contribution in [3.05, 3.63) is 46.2 Å². The van der Waals surface area contributed by atoms with Gasteiger partial charge in [-0.15, -0.1) is 0 Å². The molecule has 1 heterocycles. The first-order valence-electron chi connectivity index (χ1n) is 8.08. The number of aromatic amines is 1. The van der Waals surface area contributed by atoms with Crippen molar-refractivity contribution in [1.29, 1.82) is 0 Å². The van der Waals surface area contributed by atoms with Crippen molar-refractivity contribution in [3.8, 4) is 0 Å². The van der Waals surface area contributed by atoms with E-state index in [1.807, 2.05) is 30.3 Å². The third kappa shape index (κ3) is 4.01. The molecule has 0 saturated heterocycles. The minimum absolute atomic E-state index is 0.182. The Kier molecular flexibility index (Phi) is 5.12. The van der Waals surface area contributed by atoms with Crippen LogP contribution < -0.4 is 16.6 Å². The molecule has 0 aliphatic heterocycles. The maximum absolute atomic E-state index is 12.1. The molecule has 2 aromatic rings. The van der Waals surface area contributed by atoms with E-state index >= 15 is 0 Å². The van der Waals surface area contributed by atoms with E-state index in [1.54, 1.807) is 0 Å². The van der Waals surface area contributed by atoms with E-state index in [4.69, 9.17) is 5.73 Å². The van der Waals surface area contributed by atoms with E-state index in [1.165, 1.54) is 43.6 Å². The number of H-pyrrole nitrogens is 1. The molecule has 0 atom stereocenters. The largest absolute Gasteiger partial charge is 0.383 e. The lowest BCUT2D eigenvalue weighted by Gasteiger charge is -2.19. The minimum Gasteiger partial charge on any atom is -0.383 e. The second kappa shape index (κ2) is 7.46. The fourth-order valence-electron chi connectivity index (χ4n) is 2.95. The summed E-state index contributed by atoms with van der Waals surface area (Å²) >= 11 is 1.25. The lowest BCUT2D eigenvalue weighted by Crippen LogP contribution is -2.23. The topological polar surface area (TPSA) is 83.3 Å². The molecule has 1 aromatic carbocycles. The number of hydrogen-bond acceptors (Lipinski definition) is 4. The molecule has 0 bridgehead atoms. The van der Waals surface area contributed by atoms with Gasteiger partial charge in [-0.25, -0.2) is 0 Å². The second-order valence-electron chi connectivity index (χ2n) is 5.96. The first kappa shape index (κ1) is 15.8. The highest BCUT2D eigenvalue weighted by molar-refractivity contribution is 7.10. The molecule has 1 aromatic heterocycles. The fourth-order valence-corrected chi connectivity index (χ4v) is 3.72. The van der Waals surface area contributed by atoms with Crippen LogP contribution in [0.25, 0.3) is 0 Å². The number of para-hydroxylation sites is 1. The Morgan fingerprint density at radius 3 is 2.74 bits per heavy atom. The van der Waals surface area contributed by atoms with Gasteiger partial charge in [-0.05, 0) is 42.4 Å². The van der Waals surface area contributed by atoms with Gasteiger partial charge in [0.2, 0.25) is 0 Å². The fraction of sp³-hybridized carbons (Fsp3) is 0.412. The molecule has 1 fully saturated rings. The second-order valence-corrected chi connectivity index (χ2v) is 6.77. The number of anilines is 2. The highest BCUT2D eigenvalue weighted by Gasteiger charge is 2.17. The van der Waals surface area contributed by atoms with Crippen LogP contribution in [0.4, 0.5) is 10.7 Å². The smallest absolute Gasteiger partial charge is 0.271 e. The third-order valence-electron chi connectivity index (χ3n) is 4.23. The zero-order valence-corrected chi connectivity index (χ0v) is 13.9. The molecule has 0 unspecified atom stereocenters. The average Bonchev–Trinajstić information content (AvgIpc) is 2.95. The summed E-state index contributed by atoms with van der Waals surface area (Å²) in [5.41, 5.74) is 7.30. The van der Waals surface area contributed by atoms with Gasteiger partial charge in [-0.1, -0.05) is 37.5 Å². The lowest BCUT2D eigenvalue weighted by molar-refractivity contribution is 0.367. The zero-order valence-electron chi connectivity index (χ0n) is 13.0. The minimum atomic E-state index is -0.182. The maximum Gasteiger partial charge on any atom is 0.271 e. The van der Waals surface area contributed by atoms with Gasteiger partial charge in [0.05, 0.1) is 0 Å². The van der Waals surface area contributed by atoms with Gasteiger partial charge in [0.1, 0.15) is 16.4 Å². The number of aromatic nitrogens is 1. The first-order valence-corrected chi connectivity index (χ1v) is 8.89. The van der Waals surface area contributed by atoms with Crippen molar-refractivity contribution in [2.75, 3.05) is 11.9 Å². The van der Waals surface area contributed by atoms with Crippen molar-refractivity contribution in [2.24, 2.45) is 16.6 Å². The van der Waals surface area contributed by atoms with Crippen molar-refractivity contribution in [1.82, 2.24) is 4.37 Å². The highest BCUT2D eigenvalue weighted by atomic mass is 32.1. The third-order valence-corrected chi connectivity index (χ3v) is 5.03. The summed E-state index contributed by atoms with van der Waals surface area (Å²) in [6.45, 7) is 0.714. The average molecular weight is 330 g/mol. The molecule has 1 saturated carbocycles. The monoisotopic (exact) mass is 330 g/mol. The number of benzene rings is 1. The van der Waals surface area contributed by atoms with Crippen LogP contribution in [0.1, 0.15) is 37.7 Å². The van der Waals surface area contributed by atoms with E-state index < -0.39 is 0 Å². The van der Waals surface area contributed by atoms with Crippen LogP contribution in [0.5, 0.6) is 0 Å². The Bertz CT molecular complexity index is 714. The molecule has 3 rings (SSSR count). The van der Waals surface area contributed by atoms with Gasteiger partial charge in [0.25, 0.3) is 5.56 Å². The Morgan fingerprint density at radius 2 is 2.00 bits per heavy atom. The highest BCUT2D eigenvalue weighted by Crippen LogP contribution is 2.25. The summed E-state index contributed by atoms with van der Waals surface area (Å²) < 4.78 is 2.74. The van der Waals surface area contributed by atoms with Gasteiger partial charge >= 0.3 is 0 Å². The predicted octanol–water partition coefficient (Wildman–Crippen LogP) is 3.47. The van der Waals surface area contributed by atoms with Crippen LogP contribution in [0.15, 0.2) is 40.1 Å². The predicted molar refractivity (Wildman–Crippen MR) is 96.8 cm³/mol. The van der Waals surface area contributed by atoms with Crippen molar-refractivity contribution in [2.45, 2.75) is 32.1 Å². The molecule has 6 heteroatoms. The molecule has 1 aliphatic rings. The maximum atomic E-state index is 12.1. The quantitative estimate of drug-likeness (QED) is 0.580. The molecule has 122 valence electrons. The molecule has 0 radical (unpaired) electrons. The van der Waals surface area contributed by atoms with Crippen LogP contribution in [0.3, 0.4) is 0 Å². The summed E-state index contributed by atoms with van der Waals surface area (Å²) in [6.07, 6.45) is 6.31. The zero-order chi connectivity index (χ0) is 16.1. The van der Waals surface area contributed by atoms with Crippen molar-refractivity contribution >= 4 is 28.1 Å². The van der Waals surface area contributed by atoms with Gasteiger partial charge in [-0.3, -0.25) is 14.2 Å². The Morgan fingerprint density at radius 1 is 1.26 bits per heavy atom. The van der Waals surface area contributed by atoms with E-state index in [9.17, 15) is 4.79 Å². The van der Waals surface area contributed by atoms with Crippen molar-refractivity contribution in [3.63, 3.8) is 0 Å². The molecule has 4 N–H and O–H groups in total. The number of hydrogen-bond donors (Lipinski definition) is 3. The number of aliphatic imine (C=N–C) groups is 1. The molecule has 23 heavy (non-hydrogen) atoms. The van der Waals surface area contributed by atoms with E-state index in [-0.39, 0.29) is 5.56 Å². The molecule has 5 nitrogen and oxygen atoms in total. The summed E-state index contributed by atoms with van der Waals surface area (Å²) in [5.74, 6) is 0.932. The normalized spacial score (nSPS) is 16.4. The molecular formula is C17H22N4OS. The van der Waals surface area contributed by atoms with E-state index in [0.29, 0.717) is 28.9 Å². The van der Waals surface area contributed by atoms with Crippen LogP contribution in [0.2, 0.25) is 0 Å². The summed E-state index contributed by atoms with van der Waals surface area (Å²) in [4.78, 5) is 16.6. The summed E-state index contributed by atoms with van der Waals surface area (Å²) in [5, 5.41) is 3.95. The van der Waals surface area contributed by atoms with Crippen molar-refractivity contribution < 1.29 is 0 Å². The first-order chi connectivity index (χ1) is 11.2. The number of nitrogens with two attached hydrogens (primary N) is 1. The lowest BCUT2D eigenvalue weighted by atomic mass is 9.89. The van der Waals surface area contributed by atoms with Gasteiger partial charge in [-0.2, -0.15) is 0 Å². The standard InChI is InChI=1S/C17H22N4OS/c18-15(19-11-12-7-3-1-4-8-12)14-16(22)21-23-17(14)20-13-9-5-2-6-10-13/h2,5-6,9-10,12,20H,1,3-4,7-8,11H2,(H2,18,19)(H,21,22).